The molecular weight excluding hydrogens is 117 g/mol. The maximum atomic E-state index is 11.8. The third-order valence-corrected chi connectivity index (χ3v) is 1.93. The molecule has 54 valence electrons. The zero-order valence-electron chi connectivity index (χ0n) is 6.10. The third-order valence-electron chi connectivity index (χ3n) is 1.93. The van der Waals surface area contributed by atoms with Crippen LogP contribution in [0.3, 0.4) is 0 Å². The van der Waals surface area contributed by atoms with Crippen molar-refractivity contribution in [2.75, 3.05) is 19.8 Å². The largest absolute Gasteiger partial charge is 0.300 e. The van der Waals surface area contributed by atoms with Gasteiger partial charge >= 0.3 is 0 Å². The number of rotatable bonds is 2. The zero-order chi connectivity index (χ0) is 6.85. The Labute approximate surface area is 55.8 Å². The maximum absolute atomic E-state index is 11.8. The van der Waals surface area contributed by atoms with Crippen LogP contribution in [0, 0.1) is 5.92 Å². The maximum Gasteiger partial charge on any atom is 0.0947 e. The van der Waals surface area contributed by atoms with Crippen LogP contribution in [0.5, 0.6) is 0 Å². The topological polar surface area (TPSA) is 3.24 Å². The molecule has 1 aliphatic rings. The summed E-state index contributed by atoms with van der Waals surface area (Å²) >= 11 is 0. The van der Waals surface area contributed by atoms with Crippen molar-refractivity contribution in [1.29, 1.82) is 0 Å². The Kier molecular flexibility index (Phi) is 2.06. The van der Waals surface area contributed by atoms with E-state index in [2.05, 4.69) is 18.7 Å². The van der Waals surface area contributed by atoms with Crippen LogP contribution >= 0.6 is 0 Å². The molecule has 0 aromatic rings. The second kappa shape index (κ2) is 2.65. The van der Waals surface area contributed by atoms with Gasteiger partial charge in [-0.2, -0.15) is 0 Å². The van der Waals surface area contributed by atoms with E-state index in [1.807, 2.05) is 0 Å². The minimum atomic E-state index is -0.136. The molecule has 0 atom stereocenters. The number of nitrogens with zero attached hydrogens (tertiary/aromatic N) is 1. The highest BCUT2D eigenvalue weighted by Gasteiger charge is 2.27. The molecule has 9 heavy (non-hydrogen) atoms. The summed E-state index contributed by atoms with van der Waals surface area (Å²) in [7, 11) is 0. The lowest BCUT2D eigenvalue weighted by atomic mass is 10.0. The first-order valence-corrected chi connectivity index (χ1v) is 3.54. The van der Waals surface area contributed by atoms with Gasteiger partial charge in [0.2, 0.25) is 0 Å². The lowest BCUT2D eigenvalue weighted by molar-refractivity contribution is 0.0525. The highest BCUT2D eigenvalue weighted by atomic mass is 19.1. The van der Waals surface area contributed by atoms with Crippen molar-refractivity contribution in [2.45, 2.75) is 19.9 Å². The van der Waals surface area contributed by atoms with Gasteiger partial charge in [0.1, 0.15) is 0 Å². The summed E-state index contributed by atoms with van der Waals surface area (Å²) < 4.78 is 11.8. The molecule has 1 nitrogen and oxygen atoms in total. The minimum Gasteiger partial charge on any atom is -0.300 e. The van der Waals surface area contributed by atoms with Crippen molar-refractivity contribution < 1.29 is 4.39 Å². The molecular formula is C7H14FN. The summed E-state index contributed by atoms with van der Waals surface area (Å²) in [4.78, 5) is 2.28. The van der Waals surface area contributed by atoms with Crippen molar-refractivity contribution in [1.82, 2.24) is 4.90 Å². The normalized spacial score (nSPS) is 22.7. The Morgan fingerprint density at radius 2 is 2.11 bits per heavy atom. The molecule has 0 saturated carbocycles. The first-order chi connectivity index (χ1) is 4.24. The Bertz CT molecular complexity index is 86.9. The first kappa shape index (κ1) is 7.00. The minimum absolute atomic E-state index is 0.136. The molecule has 1 fully saturated rings. The molecule has 1 rings (SSSR count). The number of alkyl halides is 1. The Balaban J connectivity index is 2.12. The number of hydrogen-bond donors (Lipinski definition) is 0. The molecule has 0 amide bonds. The van der Waals surface area contributed by atoms with E-state index in [-0.39, 0.29) is 6.67 Å². The summed E-state index contributed by atoms with van der Waals surface area (Å²) in [5.41, 5.74) is 0. The molecule has 0 aliphatic carbocycles. The fraction of sp³-hybridized carbons (Fsp3) is 1.00. The van der Waals surface area contributed by atoms with Gasteiger partial charge in [-0.25, -0.2) is 0 Å². The smallest absolute Gasteiger partial charge is 0.0947 e. The average molecular weight is 131 g/mol. The van der Waals surface area contributed by atoms with Gasteiger partial charge in [-0.1, -0.05) is 0 Å². The second-order valence-corrected chi connectivity index (χ2v) is 3.07. The zero-order valence-corrected chi connectivity index (χ0v) is 6.10. The van der Waals surface area contributed by atoms with E-state index in [0.29, 0.717) is 12.0 Å². The van der Waals surface area contributed by atoms with Crippen LogP contribution < -0.4 is 0 Å². The van der Waals surface area contributed by atoms with Gasteiger partial charge in [0.25, 0.3) is 0 Å². The fourth-order valence-electron chi connectivity index (χ4n) is 1.13. The lowest BCUT2D eigenvalue weighted by Crippen LogP contribution is -2.50. The van der Waals surface area contributed by atoms with Crippen LogP contribution in [0.1, 0.15) is 13.8 Å². The number of halogens is 1. The van der Waals surface area contributed by atoms with Gasteiger partial charge in [-0.15, -0.1) is 0 Å². The van der Waals surface area contributed by atoms with Crippen molar-refractivity contribution in [2.24, 2.45) is 5.92 Å². The van der Waals surface area contributed by atoms with Crippen LogP contribution in [0.2, 0.25) is 0 Å². The molecule has 0 radical (unpaired) electrons. The molecule has 0 spiro atoms. The Morgan fingerprint density at radius 3 is 2.44 bits per heavy atom. The highest BCUT2D eigenvalue weighted by Crippen LogP contribution is 2.17. The molecule has 0 aromatic heterocycles. The van der Waals surface area contributed by atoms with Crippen molar-refractivity contribution in [3.05, 3.63) is 0 Å². The van der Waals surface area contributed by atoms with E-state index in [1.165, 1.54) is 0 Å². The molecule has 1 heterocycles. The average Bonchev–Trinajstić information content (AvgIpc) is 1.61. The van der Waals surface area contributed by atoms with Gasteiger partial charge in [0.05, 0.1) is 6.67 Å². The van der Waals surface area contributed by atoms with Crippen LogP contribution in [0.4, 0.5) is 4.39 Å². The predicted molar refractivity (Wildman–Crippen MR) is 36.2 cm³/mol. The van der Waals surface area contributed by atoms with Crippen LogP contribution in [0.25, 0.3) is 0 Å². The lowest BCUT2D eigenvalue weighted by Gasteiger charge is -2.40. The molecule has 0 N–H and O–H groups in total. The van der Waals surface area contributed by atoms with E-state index in [9.17, 15) is 4.39 Å². The molecule has 2 heteroatoms. The molecule has 0 aromatic carbocycles. The quantitative estimate of drug-likeness (QED) is 0.546. The Morgan fingerprint density at radius 1 is 1.56 bits per heavy atom. The van der Waals surface area contributed by atoms with E-state index >= 15 is 0 Å². The molecule has 0 bridgehead atoms. The van der Waals surface area contributed by atoms with Gasteiger partial charge in [-0.3, -0.25) is 4.39 Å². The van der Waals surface area contributed by atoms with Gasteiger partial charge in [-0.05, 0) is 13.8 Å². The van der Waals surface area contributed by atoms with Crippen LogP contribution in [-0.2, 0) is 0 Å². The molecule has 0 unspecified atom stereocenters. The van der Waals surface area contributed by atoms with Gasteiger partial charge < -0.3 is 4.90 Å². The van der Waals surface area contributed by atoms with Crippen molar-refractivity contribution in [3.8, 4) is 0 Å². The summed E-state index contributed by atoms with van der Waals surface area (Å²) in [5.74, 6) is 0.340. The Hall–Kier alpha value is -0.110. The first-order valence-electron chi connectivity index (χ1n) is 3.54. The molecule has 1 saturated heterocycles. The van der Waals surface area contributed by atoms with Gasteiger partial charge in [0, 0.05) is 25.0 Å². The fourth-order valence-corrected chi connectivity index (χ4v) is 1.13. The number of hydrogen-bond acceptors (Lipinski definition) is 1. The SMILES string of the molecule is CC(C)N1CC(CF)C1. The van der Waals surface area contributed by atoms with Crippen LogP contribution in [-0.4, -0.2) is 30.7 Å². The van der Waals surface area contributed by atoms with E-state index in [1.54, 1.807) is 0 Å². The summed E-state index contributed by atoms with van der Waals surface area (Å²) in [6.45, 7) is 6.09. The van der Waals surface area contributed by atoms with Crippen LogP contribution in [0.15, 0.2) is 0 Å². The second-order valence-electron chi connectivity index (χ2n) is 3.07. The number of likely N-dealkylation sites (tertiary alicyclic amines) is 1. The summed E-state index contributed by atoms with van der Waals surface area (Å²) in [5, 5.41) is 0. The summed E-state index contributed by atoms with van der Waals surface area (Å²) in [6.07, 6.45) is 0. The molecule has 1 aliphatic heterocycles. The standard InChI is InChI=1S/C7H14FN/c1-6(2)9-4-7(3-8)5-9/h6-7H,3-5H2,1-2H3. The van der Waals surface area contributed by atoms with E-state index in [4.69, 9.17) is 0 Å². The summed E-state index contributed by atoms with van der Waals surface area (Å²) in [6, 6.07) is 0.604. The predicted octanol–water partition coefficient (Wildman–Crippen LogP) is 1.30. The van der Waals surface area contributed by atoms with Crippen molar-refractivity contribution >= 4 is 0 Å². The van der Waals surface area contributed by atoms with Gasteiger partial charge in [0.15, 0.2) is 0 Å². The third kappa shape index (κ3) is 1.42. The van der Waals surface area contributed by atoms with E-state index < -0.39 is 0 Å². The van der Waals surface area contributed by atoms with E-state index in [0.717, 1.165) is 13.1 Å². The van der Waals surface area contributed by atoms with Crippen molar-refractivity contribution in [3.63, 3.8) is 0 Å². The highest BCUT2D eigenvalue weighted by molar-refractivity contribution is 4.80. The monoisotopic (exact) mass is 131 g/mol.